The number of ether oxygens (including phenoxy) is 1. The van der Waals surface area contributed by atoms with Crippen LogP contribution >= 0.6 is 0 Å². The van der Waals surface area contributed by atoms with E-state index in [1.807, 2.05) is 17.7 Å². The fourth-order valence-corrected chi connectivity index (χ4v) is 2.36. The Morgan fingerprint density at radius 1 is 1.37 bits per heavy atom. The number of aryl methyl sites for hydroxylation is 2. The normalized spacial score (nSPS) is 12.5. The van der Waals surface area contributed by atoms with E-state index in [-0.39, 0.29) is 6.04 Å². The SMILES string of the molecule is CCn1ncc(OC)c1C(N)c1cccc(C)c1C. The number of nitrogens with zero attached hydrogens (tertiary/aromatic N) is 2. The number of methoxy groups -OCH3 is 1. The molecule has 0 radical (unpaired) electrons. The molecule has 0 aliphatic heterocycles. The van der Waals surface area contributed by atoms with Gasteiger partial charge in [0.1, 0.15) is 5.69 Å². The molecule has 2 aromatic rings. The van der Waals surface area contributed by atoms with Crippen LogP contribution in [0.15, 0.2) is 24.4 Å². The van der Waals surface area contributed by atoms with Gasteiger partial charge in [-0.3, -0.25) is 4.68 Å². The second-order valence-electron chi connectivity index (χ2n) is 4.68. The first-order valence-corrected chi connectivity index (χ1v) is 6.51. The Morgan fingerprint density at radius 3 is 2.74 bits per heavy atom. The van der Waals surface area contributed by atoms with Crippen LogP contribution in [0, 0.1) is 13.8 Å². The highest BCUT2D eigenvalue weighted by atomic mass is 16.5. The van der Waals surface area contributed by atoms with Crippen molar-refractivity contribution in [2.24, 2.45) is 5.73 Å². The highest BCUT2D eigenvalue weighted by molar-refractivity contribution is 5.42. The fourth-order valence-electron chi connectivity index (χ4n) is 2.36. The molecule has 1 atom stereocenters. The third-order valence-electron chi connectivity index (χ3n) is 3.64. The Labute approximate surface area is 114 Å². The van der Waals surface area contributed by atoms with Gasteiger partial charge < -0.3 is 10.5 Å². The zero-order valence-electron chi connectivity index (χ0n) is 12.0. The minimum absolute atomic E-state index is 0.225. The van der Waals surface area contributed by atoms with Gasteiger partial charge >= 0.3 is 0 Å². The van der Waals surface area contributed by atoms with E-state index >= 15 is 0 Å². The Morgan fingerprint density at radius 2 is 2.11 bits per heavy atom. The van der Waals surface area contributed by atoms with Gasteiger partial charge in [-0.15, -0.1) is 0 Å². The van der Waals surface area contributed by atoms with E-state index in [4.69, 9.17) is 10.5 Å². The van der Waals surface area contributed by atoms with E-state index in [1.165, 1.54) is 11.1 Å². The van der Waals surface area contributed by atoms with Crippen molar-refractivity contribution in [3.05, 3.63) is 46.8 Å². The second kappa shape index (κ2) is 5.45. The summed E-state index contributed by atoms with van der Waals surface area (Å²) in [6.45, 7) is 7.02. The molecule has 0 amide bonds. The highest BCUT2D eigenvalue weighted by Gasteiger charge is 2.21. The molecule has 4 heteroatoms. The highest BCUT2D eigenvalue weighted by Crippen LogP contribution is 2.30. The number of nitrogens with two attached hydrogens (primary N) is 1. The molecular weight excluding hydrogens is 238 g/mol. The van der Waals surface area contributed by atoms with Crippen molar-refractivity contribution < 1.29 is 4.74 Å². The van der Waals surface area contributed by atoms with Crippen LogP contribution in [0.4, 0.5) is 0 Å². The quantitative estimate of drug-likeness (QED) is 0.918. The Balaban J connectivity index is 2.52. The number of rotatable bonds is 4. The molecule has 2 N–H and O–H groups in total. The predicted octanol–water partition coefficient (Wildman–Crippen LogP) is 2.58. The smallest absolute Gasteiger partial charge is 0.161 e. The van der Waals surface area contributed by atoms with Gasteiger partial charge in [0.25, 0.3) is 0 Å². The summed E-state index contributed by atoms with van der Waals surface area (Å²) in [6, 6.07) is 5.98. The van der Waals surface area contributed by atoms with Gasteiger partial charge in [0, 0.05) is 6.54 Å². The third kappa shape index (κ3) is 2.36. The summed E-state index contributed by atoms with van der Waals surface area (Å²) < 4.78 is 7.27. The summed E-state index contributed by atoms with van der Waals surface area (Å²) in [4.78, 5) is 0. The van der Waals surface area contributed by atoms with Crippen LogP contribution < -0.4 is 10.5 Å². The van der Waals surface area contributed by atoms with Crippen molar-refractivity contribution in [1.82, 2.24) is 9.78 Å². The maximum absolute atomic E-state index is 6.44. The van der Waals surface area contributed by atoms with E-state index in [0.717, 1.165) is 23.6 Å². The Kier molecular flexibility index (Phi) is 3.90. The molecule has 0 saturated carbocycles. The first kappa shape index (κ1) is 13.6. The third-order valence-corrected chi connectivity index (χ3v) is 3.64. The van der Waals surface area contributed by atoms with Crippen LogP contribution in [-0.2, 0) is 6.54 Å². The van der Waals surface area contributed by atoms with Gasteiger partial charge in [0.15, 0.2) is 5.75 Å². The molecule has 0 aliphatic rings. The van der Waals surface area contributed by atoms with Crippen LogP contribution in [0.1, 0.15) is 35.3 Å². The molecule has 0 aliphatic carbocycles. The molecule has 1 aromatic heterocycles. The first-order valence-electron chi connectivity index (χ1n) is 6.51. The van der Waals surface area contributed by atoms with Crippen LogP contribution in [0.2, 0.25) is 0 Å². The standard InChI is InChI=1S/C15H21N3O/c1-5-18-15(13(19-4)9-17-18)14(16)12-8-6-7-10(2)11(12)3/h6-9,14H,5,16H2,1-4H3. The van der Waals surface area contributed by atoms with Crippen molar-refractivity contribution in [3.63, 3.8) is 0 Å². The minimum atomic E-state index is -0.225. The zero-order chi connectivity index (χ0) is 14.0. The van der Waals surface area contributed by atoms with Crippen molar-refractivity contribution >= 4 is 0 Å². The second-order valence-corrected chi connectivity index (χ2v) is 4.68. The molecule has 1 unspecified atom stereocenters. The van der Waals surface area contributed by atoms with Crippen molar-refractivity contribution in [2.45, 2.75) is 33.4 Å². The Hall–Kier alpha value is -1.81. The lowest BCUT2D eigenvalue weighted by atomic mass is 9.96. The monoisotopic (exact) mass is 259 g/mol. The zero-order valence-corrected chi connectivity index (χ0v) is 12.0. The summed E-state index contributed by atoms with van der Waals surface area (Å²) in [7, 11) is 1.65. The molecule has 1 heterocycles. The molecule has 0 bridgehead atoms. The lowest BCUT2D eigenvalue weighted by Gasteiger charge is -2.18. The number of aromatic nitrogens is 2. The molecule has 102 valence electrons. The molecule has 0 spiro atoms. The summed E-state index contributed by atoms with van der Waals surface area (Å²) in [6.07, 6.45) is 1.73. The van der Waals surface area contributed by atoms with Gasteiger partial charge in [-0.05, 0) is 37.5 Å². The molecule has 1 aromatic carbocycles. The lowest BCUT2D eigenvalue weighted by Crippen LogP contribution is -2.19. The minimum Gasteiger partial charge on any atom is -0.493 e. The van der Waals surface area contributed by atoms with E-state index in [2.05, 4.69) is 31.1 Å². The van der Waals surface area contributed by atoms with Crippen LogP contribution in [0.5, 0.6) is 5.75 Å². The van der Waals surface area contributed by atoms with Crippen LogP contribution in [-0.4, -0.2) is 16.9 Å². The first-order chi connectivity index (χ1) is 9.10. The van der Waals surface area contributed by atoms with E-state index < -0.39 is 0 Å². The predicted molar refractivity (Wildman–Crippen MR) is 76.4 cm³/mol. The van der Waals surface area contributed by atoms with E-state index in [0.29, 0.717) is 0 Å². The summed E-state index contributed by atoms with van der Waals surface area (Å²) in [5.41, 5.74) is 11.0. The molecule has 0 fully saturated rings. The average molecular weight is 259 g/mol. The summed E-state index contributed by atoms with van der Waals surface area (Å²) in [5.74, 6) is 0.746. The summed E-state index contributed by atoms with van der Waals surface area (Å²) in [5, 5.41) is 4.32. The molecule has 19 heavy (non-hydrogen) atoms. The van der Waals surface area contributed by atoms with Crippen LogP contribution in [0.3, 0.4) is 0 Å². The lowest BCUT2D eigenvalue weighted by molar-refractivity contribution is 0.404. The van der Waals surface area contributed by atoms with E-state index in [9.17, 15) is 0 Å². The number of benzene rings is 1. The van der Waals surface area contributed by atoms with Crippen molar-refractivity contribution in [2.75, 3.05) is 7.11 Å². The van der Waals surface area contributed by atoms with Gasteiger partial charge in [-0.1, -0.05) is 18.2 Å². The van der Waals surface area contributed by atoms with Gasteiger partial charge in [-0.2, -0.15) is 5.10 Å². The Bertz CT molecular complexity index is 553. The van der Waals surface area contributed by atoms with E-state index in [1.54, 1.807) is 13.3 Å². The molecule has 4 nitrogen and oxygen atoms in total. The van der Waals surface area contributed by atoms with Gasteiger partial charge in [-0.25, -0.2) is 0 Å². The van der Waals surface area contributed by atoms with Crippen molar-refractivity contribution in [1.29, 1.82) is 0 Å². The molecular formula is C15H21N3O. The molecule has 0 saturated heterocycles. The summed E-state index contributed by atoms with van der Waals surface area (Å²) >= 11 is 0. The van der Waals surface area contributed by atoms with Gasteiger partial charge in [0.05, 0.1) is 19.3 Å². The number of hydrogen-bond donors (Lipinski definition) is 1. The average Bonchev–Trinajstić information content (AvgIpc) is 2.84. The largest absolute Gasteiger partial charge is 0.493 e. The topological polar surface area (TPSA) is 53.1 Å². The maximum Gasteiger partial charge on any atom is 0.161 e. The van der Waals surface area contributed by atoms with Gasteiger partial charge in [0.2, 0.25) is 0 Å². The molecule has 2 rings (SSSR count). The fraction of sp³-hybridized carbons (Fsp3) is 0.400. The maximum atomic E-state index is 6.44. The number of hydrogen-bond acceptors (Lipinski definition) is 3. The van der Waals surface area contributed by atoms with Crippen molar-refractivity contribution in [3.8, 4) is 5.75 Å². The van der Waals surface area contributed by atoms with Crippen LogP contribution in [0.25, 0.3) is 0 Å².